The number of aryl methyl sites for hydroxylation is 1. The van der Waals surface area contributed by atoms with E-state index in [1.807, 2.05) is 0 Å². The van der Waals surface area contributed by atoms with Gasteiger partial charge in [0.25, 0.3) is 10.0 Å². The number of para-hydroxylation sites is 1. The van der Waals surface area contributed by atoms with Crippen LogP contribution in [0.25, 0.3) is 0 Å². The summed E-state index contributed by atoms with van der Waals surface area (Å²) < 4.78 is 33.4. The Labute approximate surface area is 133 Å². The van der Waals surface area contributed by atoms with Crippen molar-refractivity contribution in [2.45, 2.75) is 17.5 Å². The van der Waals surface area contributed by atoms with E-state index in [0.29, 0.717) is 5.75 Å². The van der Waals surface area contributed by atoms with E-state index in [9.17, 15) is 18.3 Å². The van der Waals surface area contributed by atoms with Gasteiger partial charge in [0.05, 0.1) is 6.20 Å². The first-order chi connectivity index (χ1) is 10.7. The van der Waals surface area contributed by atoms with E-state index < -0.39 is 21.5 Å². The smallest absolute Gasteiger partial charge is 0.328 e. The highest BCUT2D eigenvalue weighted by molar-refractivity contribution is 7.89. The monoisotopic (exact) mass is 339 g/mol. The minimum atomic E-state index is -4.07. The van der Waals surface area contributed by atoms with Gasteiger partial charge in [-0.15, -0.1) is 0 Å². The Kier molecular flexibility index (Phi) is 4.71. The molecular weight excluding hydrogens is 322 g/mol. The van der Waals surface area contributed by atoms with E-state index >= 15 is 0 Å². The van der Waals surface area contributed by atoms with Crippen molar-refractivity contribution < 1.29 is 23.1 Å². The second-order valence-corrected chi connectivity index (χ2v) is 6.77. The van der Waals surface area contributed by atoms with Crippen molar-refractivity contribution in [3.05, 3.63) is 42.6 Å². The van der Waals surface area contributed by atoms with Gasteiger partial charge in [0.2, 0.25) is 0 Å². The van der Waals surface area contributed by atoms with Gasteiger partial charge in [-0.3, -0.25) is 9.48 Å². The number of carboxylic acids is 1. The molecule has 0 radical (unpaired) electrons. The maximum atomic E-state index is 12.4. The minimum Gasteiger partial charge on any atom is -0.491 e. The maximum absolute atomic E-state index is 12.4. The molecule has 1 aromatic heterocycles. The third-order valence-electron chi connectivity index (χ3n) is 3.15. The van der Waals surface area contributed by atoms with Gasteiger partial charge >= 0.3 is 5.97 Å². The van der Waals surface area contributed by atoms with Crippen molar-refractivity contribution in [1.82, 2.24) is 14.5 Å². The second-order valence-electron chi connectivity index (χ2n) is 5.14. The van der Waals surface area contributed by atoms with E-state index in [-0.39, 0.29) is 11.6 Å². The van der Waals surface area contributed by atoms with Crippen molar-refractivity contribution in [2.24, 2.45) is 7.05 Å². The number of nitrogens with zero attached hydrogens (tertiary/aromatic N) is 2. The molecule has 0 saturated carbocycles. The Hall–Kier alpha value is -2.39. The summed E-state index contributed by atoms with van der Waals surface area (Å²) in [5, 5.41) is 13.0. The molecule has 1 heterocycles. The van der Waals surface area contributed by atoms with E-state index in [2.05, 4.69) is 9.82 Å². The normalized spacial score (nSPS) is 14.2. The molecule has 2 aromatic rings. The molecule has 1 aromatic carbocycles. The Morgan fingerprint density at radius 1 is 1.35 bits per heavy atom. The Balaban J connectivity index is 2.21. The van der Waals surface area contributed by atoms with Crippen molar-refractivity contribution in [2.75, 3.05) is 6.61 Å². The summed E-state index contributed by atoms with van der Waals surface area (Å²) in [6.45, 7) is 0.871. The number of hydrogen-bond donors (Lipinski definition) is 2. The van der Waals surface area contributed by atoms with Crippen molar-refractivity contribution in [3.8, 4) is 5.75 Å². The largest absolute Gasteiger partial charge is 0.491 e. The number of nitrogens with one attached hydrogen (secondary N) is 1. The summed E-state index contributed by atoms with van der Waals surface area (Å²) >= 11 is 0. The Morgan fingerprint density at radius 3 is 2.52 bits per heavy atom. The molecule has 2 rings (SSSR count). The van der Waals surface area contributed by atoms with Gasteiger partial charge in [0.15, 0.2) is 10.6 Å². The lowest BCUT2D eigenvalue weighted by molar-refractivity contribution is -0.144. The number of aromatic nitrogens is 2. The fourth-order valence-corrected chi connectivity index (χ4v) is 3.33. The first-order valence-corrected chi connectivity index (χ1v) is 8.16. The standard InChI is InChI=1S/C14H17N3O5S/c1-14(13(18)19,10-22-11-6-4-3-5-7-11)16-23(20,21)12-8-9-15-17(12)2/h3-9,16H,10H2,1-2H3,(H,18,19). The third kappa shape index (κ3) is 3.88. The highest BCUT2D eigenvalue weighted by atomic mass is 32.2. The molecule has 0 amide bonds. The molecular formula is C14H17N3O5S. The van der Waals surface area contributed by atoms with Crippen LogP contribution in [0.5, 0.6) is 5.75 Å². The molecule has 1 unspecified atom stereocenters. The van der Waals surface area contributed by atoms with E-state index in [1.165, 1.54) is 26.2 Å². The van der Waals surface area contributed by atoms with E-state index in [0.717, 1.165) is 4.68 Å². The summed E-state index contributed by atoms with van der Waals surface area (Å²) in [6.07, 6.45) is 1.31. The number of sulfonamides is 1. The van der Waals surface area contributed by atoms with Crippen LogP contribution < -0.4 is 9.46 Å². The summed E-state index contributed by atoms with van der Waals surface area (Å²) in [4.78, 5) is 11.5. The van der Waals surface area contributed by atoms with Crippen LogP contribution in [0.2, 0.25) is 0 Å². The topological polar surface area (TPSA) is 111 Å². The molecule has 2 N–H and O–H groups in total. The molecule has 1 atom stereocenters. The number of rotatable bonds is 7. The number of carbonyl (C=O) groups is 1. The number of aliphatic carboxylic acids is 1. The second kappa shape index (κ2) is 6.39. The SMILES string of the molecule is Cn1nccc1S(=O)(=O)NC(C)(COc1ccccc1)C(=O)O. The first-order valence-electron chi connectivity index (χ1n) is 6.68. The predicted molar refractivity (Wildman–Crippen MR) is 81.5 cm³/mol. The molecule has 0 aliphatic rings. The molecule has 23 heavy (non-hydrogen) atoms. The molecule has 0 spiro atoms. The van der Waals surface area contributed by atoms with E-state index in [1.54, 1.807) is 30.3 Å². The summed E-state index contributed by atoms with van der Waals surface area (Å²) in [5.74, 6) is -0.904. The fraction of sp³-hybridized carbons (Fsp3) is 0.286. The van der Waals surface area contributed by atoms with Crippen LogP contribution in [0.1, 0.15) is 6.92 Å². The number of benzene rings is 1. The molecule has 0 saturated heterocycles. The van der Waals surface area contributed by atoms with Crippen LogP contribution in [0.3, 0.4) is 0 Å². The molecule has 124 valence electrons. The zero-order valence-electron chi connectivity index (χ0n) is 12.6. The lowest BCUT2D eigenvalue weighted by Crippen LogP contribution is -2.56. The number of carboxylic acid groups (broad SMARTS) is 1. The van der Waals surface area contributed by atoms with E-state index in [4.69, 9.17) is 4.74 Å². The average Bonchev–Trinajstić information content (AvgIpc) is 2.93. The highest BCUT2D eigenvalue weighted by Gasteiger charge is 2.39. The summed E-state index contributed by atoms with van der Waals surface area (Å²) in [7, 11) is -2.61. The lowest BCUT2D eigenvalue weighted by Gasteiger charge is -2.25. The number of ether oxygens (including phenoxy) is 1. The van der Waals surface area contributed by atoms with Crippen LogP contribution in [0.4, 0.5) is 0 Å². The maximum Gasteiger partial charge on any atom is 0.328 e. The molecule has 0 bridgehead atoms. The van der Waals surface area contributed by atoms with Crippen molar-refractivity contribution >= 4 is 16.0 Å². The van der Waals surface area contributed by atoms with Crippen LogP contribution in [-0.4, -0.2) is 41.4 Å². The predicted octanol–water partition coefficient (Wildman–Crippen LogP) is 0.621. The third-order valence-corrected chi connectivity index (χ3v) is 4.82. The zero-order valence-corrected chi connectivity index (χ0v) is 13.4. The zero-order chi connectivity index (χ0) is 17.1. The van der Waals surface area contributed by atoms with Gasteiger partial charge < -0.3 is 9.84 Å². The van der Waals surface area contributed by atoms with Gasteiger partial charge in [-0.25, -0.2) is 8.42 Å². The van der Waals surface area contributed by atoms with Crippen LogP contribution in [0.15, 0.2) is 47.6 Å². The van der Waals surface area contributed by atoms with Gasteiger partial charge in [-0.2, -0.15) is 9.82 Å². The number of hydrogen-bond acceptors (Lipinski definition) is 5. The Morgan fingerprint density at radius 2 is 2.00 bits per heavy atom. The van der Waals surface area contributed by atoms with Crippen LogP contribution in [0, 0.1) is 0 Å². The molecule has 0 aliphatic heterocycles. The van der Waals surface area contributed by atoms with Crippen LogP contribution >= 0.6 is 0 Å². The first kappa shape index (κ1) is 17.0. The average molecular weight is 339 g/mol. The molecule has 8 nitrogen and oxygen atoms in total. The van der Waals surface area contributed by atoms with Gasteiger partial charge in [0.1, 0.15) is 12.4 Å². The molecule has 9 heteroatoms. The minimum absolute atomic E-state index is 0.135. The van der Waals surface area contributed by atoms with Gasteiger partial charge in [0, 0.05) is 7.05 Å². The van der Waals surface area contributed by atoms with Crippen molar-refractivity contribution in [3.63, 3.8) is 0 Å². The van der Waals surface area contributed by atoms with Crippen molar-refractivity contribution in [1.29, 1.82) is 0 Å². The Bertz CT molecular complexity index is 788. The fourth-order valence-electron chi connectivity index (χ4n) is 1.85. The lowest BCUT2D eigenvalue weighted by atomic mass is 10.1. The van der Waals surface area contributed by atoms with Crippen LogP contribution in [-0.2, 0) is 21.9 Å². The summed E-state index contributed by atoms with van der Waals surface area (Å²) in [5.41, 5.74) is -1.83. The van der Waals surface area contributed by atoms with Gasteiger partial charge in [-0.05, 0) is 25.1 Å². The van der Waals surface area contributed by atoms with Gasteiger partial charge in [-0.1, -0.05) is 18.2 Å². The highest BCUT2D eigenvalue weighted by Crippen LogP contribution is 2.16. The molecule has 0 aliphatic carbocycles. The quantitative estimate of drug-likeness (QED) is 0.765. The molecule has 0 fully saturated rings. The summed E-state index contributed by atoms with van der Waals surface area (Å²) in [6, 6.07) is 9.83.